The molecule has 0 spiro atoms. The lowest BCUT2D eigenvalue weighted by Crippen LogP contribution is -3.19. The number of nitrogens with two attached hydrogens (primary N) is 1. The number of piperidine rings is 1. The van der Waals surface area contributed by atoms with Gasteiger partial charge in [-0.05, 0) is 38.5 Å². The van der Waals surface area contributed by atoms with Crippen LogP contribution in [0.3, 0.4) is 0 Å². The molecule has 2 fully saturated rings. The van der Waals surface area contributed by atoms with Crippen LogP contribution in [0.15, 0.2) is 0 Å². The predicted octanol–water partition coefficient (Wildman–Crippen LogP) is 0.863. The van der Waals surface area contributed by atoms with Crippen LogP contribution < -0.4 is 10.6 Å². The molecule has 0 bridgehead atoms. The number of hydrogen-bond donors (Lipinski definition) is 2. The van der Waals surface area contributed by atoms with Gasteiger partial charge in [0, 0.05) is 17.2 Å². The highest BCUT2D eigenvalue weighted by Crippen LogP contribution is 2.28. The Hall–Kier alpha value is 0.0700. The van der Waals surface area contributed by atoms with Crippen LogP contribution in [0, 0.1) is 5.92 Å². The smallest absolute Gasteiger partial charge is 0.189 e. The summed E-state index contributed by atoms with van der Waals surface area (Å²) >= 11 is 3.64. The number of rotatable bonds is 3. The Morgan fingerprint density at radius 3 is 2.53 bits per heavy atom. The highest BCUT2D eigenvalue weighted by atomic mass is 79.9. The Kier molecular flexibility index (Phi) is 5.00. The molecule has 2 rings (SSSR count). The summed E-state index contributed by atoms with van der Waals surface area (Å²) in [5.74, 6) is 0.766. The number of carbonyl (C=O) groups is 1. The van der Waals surface area contributed by atoms with Gasteiger partial charge in [-0.3, -0.25) is 10.5 Å². The molecule has 1 saturated heterocycles. The van der Waals surface area contributed by atoms with E-state index in [9.17, 15) is 4.79 Å². The third-order valence-corrected chi connectivity index (χ3v) is 5.22. The van der Waals surface area contributed by atoms with Crippen molar-refractivity contribution < 1.29 is 9.69 Å². The third kappa shape index (κ3) is 3.76. The van der Waals surface area contributed by atoms with Crippen molar-refractivity contribution in [2.45, 2.75) is 55.9 Å². The van der Waals surface area contributed by atoms with Gasteiger partial charge in [-0.2, -0.15) is 0 Å². The van der Waals surface area contributed by atoms with E-state index in [0.29, 0.717) is 23.1 Å². The summed E-state index contributed by atoms with van der Waals surface area (Å²) in [5, 5.41) is 0. The maximum atomic E-state index is 12.2. The minimum Gasteiger partial charge on any atom is -0.314 e. The first-order valence-electron chi connectivity index (χ1n) is 6.93. The molecule has 3 nitrogen and oxygen atoms in total. The molecule has 0 aromatic rings. The second-order valence-corrected chi connectivity index (χ2v) is 6.90. The summed E-state index contributed by atoms with van der Waals surface area (Å²) < 4.78 is 0. The molecule has 0 amide bonds. The number of alkyl halides is 1. The quantitative estimate of drug-likeness (QED) is 0.760. The van der Waals surface area contributed by atoms with Crippen molar-refractivity contribution >= 4 is 21.7 Å². The van der Waals surface area contributed by atoms with Gasteiger partial charge >= 0.3 is 0 Å². The number of carbonyl (C=O) groups excluding carboxylic acids is 1. The first-order valence-corrected chi connectivity index (χ1v) is 7.85. The molecule has 17 heavy (non-hydrogen) atoms. The van der Waals surface area contributed by atoms with Gasteiger partial charge in [0.1, 0.15) is 12.7 Å². The molecule has 2 unspecified atom stereocenters. The minimum atomic E-state index is 0.195. The number of halogens is 1. The number of quaternary nitrogens is 1. The van der Waals surface area contributed by atoms with Gasteiger partial charge in [0.25, 0.3) is 0 Å². The SMILES string of the molecule is NC1CCCC[NH+]1CC(=O)C1CCC(Br)CC1. The molecule has 4 heteroatoms. The highest BCUT2D eigenvalue weighted by Gasteiger charge is 2.30. The molecule has 3 N–H and O–H groups in total. The monoisotopic (exact) mass is 303 g/mol. The molecule has 2 atom stereocenters. The summed E-state index contributed by atoms with van der Waals surface area (Å²) in [5.41, 5.74) is 6.08. The first-order chi connectivity index (χ1) is 8.16. The lowest BCUT2D eigenvalue weighted by Gasteiger charge is -2.31. The number of Topliss-reactive ketones (excluding diaryl/α,β-unsaturated/α-hetero) is 1. The maximum absolute atomic E-state index is 12.2. The largest absolute Gasteiger partial charge is 0.314 e. The molecule has 2 aliphatic rings. The third-order valence-electron chi connectivity index (χ3n) is 4.30. The molecule has 1 aliphatic heterocycles. The Balaban J connectivity index is 1.79. The van der Waals surface area contributed by atoms with Crippen molar-refractivity contribution in [2.24, 2.45) is 11.7 Å². The van der Waals surface area contributed by atoms with Gasteiger partial charge in [-0.1, -0.05) is 15.9 Å². The number of hydrogen-bond acceptors (Lipinski definition) is 2. The van der Waals surface area contributed by atoms with Gasteiger partial charge in [0.2, 0.25) is 0 Å². The fraction of sp³-hybridized carbons (Fsp3) is 0.923. The topological polar surface area (TPSA) is 47.5 Å². The van der Waals surface area contributed by atoms with Crippen LogP contribution in [0.1, 0.15) is 44.9 Å². The average Bonchev–Trinajstić information content (AvgIpc) is 2.33. The highest BCUT2D eigenvalue weighted by molar-refractivity contribution is 9.09. The predicted molar refractivity (Wildman–Crippen MR) is 72.2 cm³/mol. The Morgan fingerprint density at radius 2 is 1.88 bits per heavy atom. The summed E-state index contributed by atoms with van der Waals surface area (Å²) in [6, 6.07) is 0. The van der Waals surface area contributed by atoms with Gasteiger partial charge < -0.3 is 4.90 Å². The molecule has 1 heterocycles. The fourth-order valence-electron chi connectivity index (χ4n) is 3.07. The average molecular weight is 304 g/mol. The van der Waals surface area contributed by atoms with Gasteiger partial charge in [-0.25, -0.2) is 0 Å². The van der Waals surface area contributed by atoms with E-state index >= 15 is 0 Å². The van der Waals surface area contributed by atoms with Crippen molar-refractivity contribution in [3.8, 4) is 0 Å². The zero-order chi connectivity index (χ0) is 12.3. The lowest BCUT2D eigenvalue weighted by molar-refractivity contribution is -0.922. The Labute approximate surface area is 112 Å². The van der Waals surface area contributed by atoms with Crippen LogP contribution in [0.5, 0.6) is 0 Å². The molecule has 1 saturated carbocycles. The van der Waals surface area contributed by atoms with E-state index in [0.717, 1.165) is 38.6 Å². The zero-order valence-corrected chi connectivity index (χ0v) is 12.0. The maximum Gasteiger partial charge on any atom is 0.189 e. The second-order valence-electron chi connectivity index (χ2n) is 5.60. The van der Waals surface area contributed by atoms with Crippen molar-refractivity contribution in [3.05, 3.63) is 0 Å². The van der Waals surface area contributed by atoms with Crippen LogP contribution in [0.25, 0.3) is 0 Å². The van der Waals surface area contributed by atoms with Crippen LogP contribution in [-0.4, -0.2) is 29.9 Å². The van der Waals surface area contributed by atoms with Gasteiger partial charge in [0.05, 0.1) is 6.54 Å². The lowest BCUT2D eigenvalue weighted by atomic mass is 9.86. The normalized spacial score (nSPS) is 38.9. The summed E-state index contributed by atoms with van der Waals surface area (Å²) in [4.78, 5) is 14.2. The number of nitrogens with one attached hydrogen (secondary N) is 1. The van der Waals surface area contributed by atoms with E-state index < -0.39 is 0 Å². The van der Waals surface area contributed by atoms with E-state index in [1.165, 1.54) is 17.7 Å². The zero-order valence-electron chi connectivity index (χ0n) is 10.5. The van der Waals surface area contributed by atoms with Gasteiger partial charge in [-0.15, -0.1) is 0 Å². The molecular formula is C13H24BrN2O+. The summed E-state index contributed by atoms with van der Waals surface area (Å²) in [6.45, 7) is 1.75. The molecule has 98 valence electrons. The Morgan fingerprint density at radius 1 is 1.18 bits per heavy atom. The second kappa shape index (κ2) is 6.30. The minimum absolute atomic E-state index is 0.195. The van der Waals surface area contributed by atoms with E-state index in [4.69, 9.17) is 5.73 Å². The summed E-state index contributed by atoms with van der Waals surface area (Å²) in [7, 11) is 0. The standard InChI is InChI=1S/C13H23BrN2O/c14-11-6-4-10(5-7-11)12(17)9-16-8-2-1-3-13(16)15/h10-11,13H,1-9,15H2/p+1. The van der Waals surface area contributed by atoms with Crippen molar-refractivity contribution in [3.63, 3.8) is 0 Å². The first kappa shape index (κ1) is 13.5. The van der Waals surface area contributed by atoms with Crippen molar-refractivity contribution in [2.75, 3.05) is 13.1 Å². The van der Waals surface area contributed by atoms with E-state index in [1.54, 1.807) is 0 Å². The number of likely N-dealkylation sites (tertiary alicyclic amines) is 1. The molecule has 0 radical (unpaired) electrons. The molecular weight excluding hydrogens is 280 g/mol. The van der Waals surface area contributed by atoms with Crippen LogP contribution >= 0.6 is 15.9 Å². The number of ketones is 1. The Bertz CT molecular complexity index is 264. The van der Waals surface area contributed by atoms with Crippen LogP contribution in [0.4, 0.5) is 0 Å². The van der Waals surface area contributed by atoms with Crippen LogP contribution in [0.2, 0.25) is 0 Å². The van der Waals surface area contributed by atoms with Crippen molar-refractivity contribution in [1.82, 2.24) is 0 Å². The molecule has 0 aromatic heterocycles. The molecule has 0 aromatic carbocycles. The van der Waals surface area contributed by atoms with Crippen LogP contribution in [-0.2, 0) is 4.79 Å². The van der Waals surface area contributed by atoms with E-state index in [2.05, 4.69) is 15.9 Å². The summed E-state index contributed by atoms with van der Waals surface area (Å²) in [6.07, 6.45) is 8.17. The molecule has 1 aliphatic carbocycles. The van der Waals surface area contributed by atoms with Crippen molar-refractivity contribution in [1.29, 1.82) is 0 Å². The van der Waals surface area contributed by atoms with E-state index in [1.807, 2.05) is 0 Å². The fourth-order valence-corrected chi connectivity index (χ4v) is 3.60. The van der Waals surface area contributed by atoms with Gasteiger partial charge in [0.15, 0.2) is 5.78 Å². The van der Waals surface area contributed by atoms with E-state index in [-0.39, 0.29) is 6.17 Å².